The minimum absolute atomic E-state index is 0.184. The first-order valence-corrected chi connectivity index (χ1v) is 7.39. The van der Waals surface area contributed by atoms with E-state index >= 15 is 0 Å². The molecule has 3 rings (SSSR count). The quantitative estimate of drug-likeness (QED) is 0.909. The highest BCUT2D eigenvalue weighted by atomic mass is 16.4. The summed E-state index contributed by atoms with van der Waals surface area (Å²) in [6.45, 7) is 0. The average molecular weight is 286 g/mol. The van der Waals surface area contributed by atoms with Crippen molar-refractivity contribution in [3.05, 3.63) is 35.7 Å². The maximum Gasteiger partial charge on any atom is 0.336 e. The Morgan fingerprint density at radius 3 is 2.76 bits per heavy atom. The zero-order valence-electron chi connectivity index (χ0n) is 11.8. The van der Waals surface area contributed by atoms with E-state index in [9.17, 15) is 9.90 Å². The Labute approximate surface area is 123 Å². The van der Waals surface area contributed by atoms with Crippen molar-refractivity contribution in [2.75, 3.05) is 0 Å². The summed E-state index contributed by atoms with van der Waals surface area (Å²) in [7, 11) is 0. The Bertz CT molecular complexity index is 630. The molecule has 0 unspecified atom stereocenters. The number of hydrogen-bond acceptors (Lipinski definition) is 4. The van der Waals surface area contributed by atoms with E-state index in [2.05, 4.69) is 10.2 Å². The fourth-order valence-electron chi connectivity index (χ4n) is 2.95. The Balaban J connectivity index is 1.74. The molecule has 0 amide bonds. The summed E-state index contributed by atoms with van der Waals surface area (Å²) in [5.74, 6) is 0.662. The van der Waals surface area contributed by atoms with Crippen molar-refractivity contribution < 1.29 is 14.3 Å². The summed E-state index contributed by atoms with van der Waals surface area (Å²) < 4.78 is 5.63. The molecule has 21 heavy (non-hydrogen) atoms. The summed E-state index contributed by atoms with van der Waals surface area (Å²) in [4.78, 5) is 11.2. The molecule has 1 saturated carbocycles. The van der Waals surface area contributed by atoms with Crippen LogP contribution < -0.4 is 0 Å². The van der Waals surface area contributed by atoms with Crippen molar-refractivity contribution in [3.8, 4) is 11.5 Å². The number of carbonyl (C=O) groups is 1. The maximum atomic E-state index is 11.2. The van der Waals surface area contributed by atoms with E-state index in [-0.39, 0.29) is 11.5 Å². The summed E-state index contributed by atoms with van der Waals surface area (Å²) in [5, 5.41) is 17.2. The third kappa shape index (κ3) is 3.12. The van der Waals surface area contributed by atoms with E-state index in [1.807, 2.05) is 0 Å². The molecule has 0 radical (unpaired) electrons. The van der Waals surface area contributed by atoms with Crippen LogP contribution in [0.2, 0.25) is 0 Å². The van der Waals surface area contributed by atoms with Crippen molar-refractivity contribution >= 4 is 5.97 Å². The van der Waals surface area contributed by atoms with Crippen LogP contribution in [0.25, 0.3) is 11.5 Å². The molecular formula is C16H18N2O3. The van der Waals surface area contributed by atoms with Crippen LogP contribution in [0.1, 0.15) is 48.4 Å². The summed E-state index contributed by atoms with van der Waals surface area (Å²) in [5.41, 5.74) is 0.660. The van der Waals surface area contributed by atoms with E-state index in [1.165, 1.54) is 25.7 Å². The van der Waals surface area contributed by atoms with E-state index in [0.717, 1.165) is 18.8 Å². The summed E-state index contributed by atoms with van der Waals surface area (Å²) in [6, 6.07) is 6.69. The number of aromatic nitrogens is 2. The van der Waals surface area contributed by atoms with Gasteiger partial charge in [0.2, 0.25) is 11.8 Å². The van der Waals surface area contributed by atoms with Crippen molar-refractivity contribution in [2.45, 2.75) is 38.5 Å². The first kappa shape index (κ1) is 13.8. The predicted molar refractivity (Wildman–Crippen MR) is 77.0 cm³/mol. The highest BCUT2D eigenvalue weighted by Crippen LogP contribution is 2.29. The van der Waals surface area contributed by atoms with Crippen molar-refractivity contribution in [1.29, 1.82) is 0 Å². The monoisotopic (exact) mass is 286 g/mol. The molecule has 1 fully saturated rings. The highest BCUT2D eigenvalue weighted by molar-refractivity contribution is 5.94. The zero-order valence-corrected chi connectivity index (χ0v) is 11.8. The molecule has 0 atom stereocenters. The number of rotatable bonds is 5. The molecule has 0 saturated heterocycles. The van der Waals surface area contributed by atoms with E-state index in [0.29, 0.717) is 11.5 Å². The van der Waals surface area contributed by atoms with Crippen molar-refractivity contribution in [1.82, 2.24) is 10.2 Å². The van der Waals surface area contributed by atoms with Crippen molar-refractivity contribution in [2.24, 2.45) is 5.92 Å². The van der Waals surface area contributed by atoms with Gasteiger partial charge in [-0.3, -0.25) is 0 Å². The average Bonchev–Trinajstić information content (AvgIpc) is 3.16. The predicted octanol–water partition coefficient (Wildman–Crippen LogP) is 3.56. The molecular weight excluding hydrogens is 268 g/mol. The Hall–Kier alpha value is -2.17. The van der Waals surface area contributed by atoms with Crippen molar-refractivity contribution in [3.63, 3.8) is 0 Å². The van der Waals surface area contributed by atoms with Crippen LogP contribution >= 0.6 is 0 Å². The molecule has 2 aromatic rings. The fraction of sp³-hybridized carbons (Fsp3) is 0.438. The number of carboxylic acids is 1. The Morgan fingerprint density at radius 2 is 2.00 bits per heavy atom. The van der Waals surface area contributed by atoms with Gasteiger partial charge in [0, 0.05) is 6.42 Å². The second-order valence-electron chi connectivity index (χ2n) is 5.54. The molecule has 1 N–H and O–H groups in total. The van der Waals surface area contributed by atoms with Gasteiger partial charge in [0.15, 0.2) is 0 Å². The standard InChI is InChI=1S/C16H18N2O3/c19-16(20)13-8-4-3-7-12(13)15-18-17-14(21-15)10-9-11-5-1-2-6-11/h3-4,7-8,11H,1-2,5-6,9-10H2,(H,19,20). The molecule has 0 spiro atoms. The van der Waals surface area contributed by atoms with Gasteiger partial charge in [-0.2, -0.15) is 0 Å². The lowest BCUT2D eigenvalue weighted by Gasteiger charge is -2.05. The number of nitrogens with zero attached hydrogens (tertiary/aromatic N) is 2. The number of aryl methyl sites for hydroxylation is 1. The smallest absolute Gasteiger partial charge is 0.336 e. The number of benzene rings is 1. The number of carboxylic acid groups (broad SMARTS) is 1. The largest absolute Gasteiger partial charge is 0.478 e. The molecule has 5 heteroatoms. The number of hydrogen-bond donors (Lipinski definition) is 1. The summed E-state index contributed by atoms with van der Waals surface area (Å²) >= 11 is 0. The van der Waals surface area contributed by atoms with Gasteiger partial charge in [0.05, 0.1) is 11.1 Å². The summed E-state index contributed by atoms with van der Waals surface area (Å²) in [6.07, 6.45) is 7.08. The van der Waals surface area contributed by atoms with Gasteiger partial charge in [0.25, 0.3) is 0 Å². The first-order valence-electron chi connectivity index (χ1n) is 7.39. The third-order valence-electron chi connectivity index (χ3n) is 4.10. The molecule has 0 bridgehead atoms. The lowest BCUT2D eigenvalue weighted by Crippen LogP contribution is -1.99. The lowest BCUT2D eigenvalue weighted by molar-refractivity contribution is 0.0697. The molecule has 1 aliphatic rings. The van der Waals surface area contributed by atoms with Gasteiger partial charge in [0.1, 0.15) is 0 Å². The van der Waals surface area contributed by atoms with E-state index in [1.54, 1.807) is 24.3 Å². The van der Waals surface area contributed by atoms with Gasteiger partial charge in [-0.15, -0.1) is 10.2 Å². The van der Waals surface area contributed by atoms with Crippen LogP contribution in [-0.2, 0) is 6.42 Å². The molecule has 5 nitrogen and oxygen atoms in total. The topological polar surface area (TPSA) is 76.2 Å². The van der Waals surface area contributed by atoms with Gasteiger partial charge in [-0.25, -0.2) is 4.79 Å². The Morgan fingerprint density at radius 1 is 1.24 bits per heavy atom. The van der Waals surface area contributed by atoms with Gasteiger partial charge in [-0.05, 0) is 24.5 Å². The second kappa shape index (κ2) is 6.08. The number of aromatic carboxylic acids is 1. The highest BCUT2D eigenvalue weighted by Gasteiger charge is 2.18. The van der Waals surface area contributed by atoms with Crippen LogP contribution in [0.15, 0.2) is 28.7 Å². The van der Waals surface area contributed by atoms with E-state index < -0.39 is 5.97 Å². The van der Waals surface area contributed by atoms with Crippen LogP contribution in [0.5, 0.6) is 0 Å². The lowest BCUT2D eigenvalue weighted by atomic mass is 10.0. The SMILES string of the molecule is O=C(O)c1ccccc1-c1nnc(CCC2CCCC2)o1. The molecule has 110 valence electrons. The van der Waals surface area contributed by atoms with Gasteiger partial charge >= 0.3 is 5.97 Å². The Kier molecular flexibility index (Phi) is 3.99. The first-order chi connectivity index (χ1) is 10.2. The second-order valence-corrected chi connectivity index (χ2v) is 5.54. The van der Waals surface area contributed by atoms with Crippen LogP contribution in [0.4, 0.5) is 0 Å². The molecule has 0 aliphatic heterocycles. The zero-order chi connectivity index (χ0) is 14.7. The minimum atomic E-state index is -0.990. The van der Waals surface area contributed by atoms with Crippen LogP contribution in [0.3, 0.4) is 0 Å². The third-order valence-corrected chi connectivity index (χ3v) is 4.10. The van der Waals surface area contributed by atoms with Crippen LogP contribution in [0, 0.1) is 5.92 Å². The van der Waals surface area contributed by atoms with Gasteiger partial charge in [-0.1, -0.05) is 37.8 Å². The normalized spacial score (nSPS) is 15.4. The minimum Gasteiger partial charge on any atom is -0.478 e. The maximum absolute atomic E-state index is 11.2. The molecule has 1 aromatic heterocycles. The molecule has 1 aromatic carbocycles. The fourth-order valence-corrected chi connectivity index (χ4v) is 2.95. The van der Waals surface area contributed by atoms with Gasteiger partial charge < -0.3 is 9.52 Å². The van der Waals surface area contributed by atoms with Crippen LogP contribution in [-0.4, -0.2) is 21.3 Å². The molecule has 1 heterocycles. The molecule has 1 aliphatic carbocycles. The van der Waals surface area contributed by atoms with E-state index in [4.69, 9.17) is 4.42 Å².